The first-order chi connectivity index (χ1) is 11.2. The molecular formula is C18H30O6. The first-order valence-electron chi connectivity index (χ1n) is 8.27. The molecule has 0 aliphatic rings. The summed E-state index contributed by atoms with van der Waals surface area (Å²) in [5, 5.41) is 36.2. The Balaban J connectivity index is 4.14. The lowest BCUT2D eigenvalue weighted by atomic mass is 9.93. The van der Waals surface area contributed by atoms with Gasteiger partial charge in [0.05, 0.1) is 12.7 Å². The van der Waals surface area contributed by atoms with Crippen molar-refractivity contribution in [3.8, 4) is 0 Å². The average Bonchev–Trinajstić information content (AvgIpc) is 2.42. The number of rotatable bonds is 12. The minimum atomic E-state index is -1.18. The molecule has 0 bridgehead atoms. The largest absolute Gasteiger partial charge is 0.481 e. The van der Waals surface area contributed by atoms with Gasteiger partial charge >= 0.3 is 11.9 Å². The molecule has 0 fully saturated rings. The van der Waals surface area contributed by atoms with E-state index in [1.807, 2.05) is 13.0 Å². The van der Waals surface area contributed by atoms with E-state index in [-0.39, 0.29) is 0 Å². The first-order valence-corrected chi connectivity index (χ1v) is 8.27. The van der Waals surface area contributed by atoms with Crippen molar-refractivity contribution < 1.29 is 30.0 Å². The summed E-state index contributed by atoms with van der Waals surface area (Å²) in [6, 6.07) is 0. The van der Waals surface area contributed by atoms with Crippen LogP contribution in [0.25, 0.3) is 0 Å². The second-order valence-electron chi connectivity index (χ2n) is 6.51. The molecule has 0 rings (SSSR count). The second kappa shape index (κ2) is 11.8. The van der Waals surface area contributed by atoms with Crippen LogP contribution < -0.4 is 0 Å². The Bertz CT molecular complexity index is 466. The maximum Gasteiger partial charge on any atom is 0.328 e. The molecule has 3 unspecified atom stereocenters. The Morgan fingerprint density at radius 1 is 1.04 bits per heavy atom. The molecule has 6 nitrogen and oxygen atoms in total. The quantitative estimate of drug-likeness (QED) is 0.246. The summed E-state index contributed by atoms with van der Waals surface area (Å²) in [6.45, 7) is 5.28. The topological polar surface area (TPSA) is 115 Å². The van der Waals surface area contributed by atoms with Crippen molar-refractivity contribution in [3.05, 3.63) is 23.3 Å². The molecular weight excluding hydrogens is 312 g/mol. The predicted molar refractivity (Wildman–Crippen MR) is 91.6 cm³/mol. The third-order valence-electron chi connectivity index (χ3n) is 3.92. The highest BCUT2D eigenvalue weighted by atomic mass is 16.4. The third-order valence-corrected chi connectivity index (χ3v) is 3.92. The number of allylic oxidation sites excluding steroid dienone is 3. The van der Waals surface area contributed by atoms with E-state index in [1.165, 1.54) is 6.08 Å². The summed E-state index contributed by atoms with van der Waals surface area (Å²) in [5.41, 5.74) is 1.82. The molecule has 0 aromatic carbocycles. The van der Waals surface area contributed by atoms with Crippen molar-refractivity contribution in [3.63, 3.8) is 0 Å². The van der Waals surface area contributed by atoms with Gasteiger partial charge in [-0.2, -0.15) is 0 Å². The van der Waals surface area contributed by atoms with Gasteiger partial charge in [0.1, 0.15) is 5.92 Å². The van der Waals surface area contributed by atoms with Crippen molar-refractivity contribution in [2.75, 3.05) is 6.61 Å². The summed E-state index contributed by atoms with van der Waals surface area (Å²) in [6.07, 6.45) is 5.76. The Hall–Kier alpha value is -1.66. The predicted octanol–water partition coefficient (Wildman–Crippen LogP) is 2.60. The van der Waals surface area contributed by atoms with Crippen LogP contribution in [0, 0.1) is 11.8 Å². The van der Waals surface area contributed by atoms with Gasteiger partial charge in [-0.05, 0) is 38.2 Å². The number of carboxylic acid groups (broad SMARTS) is 2. The van der Waals surface area contributed by atoms with Gasteiger partial charge in [0, 0.05) is 6.08 Å². The molecule has 0 heterocycles. The van der Waals surface area contributed by atoms with Crippen LogP contribution >= 0.6 is 0 Å². The Kier molecular flexibility index (Phi) is 11.0. The molecule has 138 valence electrons. The zero-order valence-corrected chi connectivity index (χ0v) is 14.7. The molecule has 4 N–H and O–H groups in total. The number of hydrogen-bond donors (Lipinski definition) is 4. The van der Waals surface area contributed by atoms with Gasteiger partial charge in [-0.15, -0.1) is 0 Å². The van der Waals surface area contributed by atoms with Crippen molar-refractivity contribution in [1.29, 1.82) is 0 Å². The fourth-order valence-electron chi connectivity index (χ4n) is 2.75. The summed E-state index contributed by atoms with van der Waals surface area (Å²) in [4.78, 5) is 21.4. The molecule has 3 atom stereocenters. The molecule has 0 spiro atoms. The van der Waals surface area contributed by atoms with Crippen molar-refractivity contribution in [2.45, 2.75) is 59.0 Å². The highest BCUT2D eigenvalue weighted by molar-refractivity contribution is 5.81. The fraction of sp³-hybridized carbons (Fsp3) is 0.667. The number of carbonyl (C=O) groups is 2. The number of aliphatic hydroxyl groups excluding tert-OH is 2. The van der Waals surface area contributed by atoms with Gasteiger partial charge < -0.3 is 20.4 Å². The lowest BCUT2D eigenvalue weighted by Crippen LogP contribution is -2.31. The highest BCUT2D eigenvalue weighted by Crippen LogP contribution is 2.20. The van der Waals surface area contributed by atoms with Gasteiger partial charge in [-0.25, -0.2) is 4.79 Å². The Labute approximate surface area is 143 Å². The zero-order chi connectivity index (χ0) is 18.7. The minimum absolute atomic E-state index is 0.361. The van der Waals surface area contributed by atoms with E-state index in [2.05, 4.69) is 6.92 Å². The molecule has 0 saturated heterocycles. The van der Waals surface area contributed by atoms with Crippen LogP contribution in [-0.2, 0) is 9.59 Å². The lowest BCUT2D eigenvalue weighted by molar-refractivity contribution is -0.147. The zero-order valence-electron chi connectivity index (χ0n) is 14.7. The Morgan fingerprint density at radius 3 is 2.12 bits per heavy atom. The number of aliphatic carboxylic acids is 2. The first kappa shape index (κ1) is 22.3. The smallest absolute Gasteiger partial charge is 0.328 e. The molecule has 0 radical (unpaired) electrons. The van der Waals surface area contributed by atoms with E-state index in [9.17, 15) is 14.7 Å². The van der Waals surface area contributed by atoms with E-state index >= 15 is 0 Å². The molecule has 0 amide bonds. The van der Waals surface area contributed by atoms with Crippen LogP contribution in [0.1, 0.15) is 52.9 Å². The average molecular weight is 342 g/mol. The van der Waals surface area contributed by atoms with Crippen LogP contribution in [0.15, 0.2) is 23.3 Å². The number of unbranched alkanes of at least 4 members (excludes halogenated alkanes) is 1. The van der Waals surface area contributed by atoms with Crippen LogP contribution in [0.5, 0.6) is 0 Å². The third kappa shape index (κ3) is 10.2. The van der Waals surface area contributed by atoms with E-state index in [4.69, 9.17) is 15.3 Å². The van der Waals surface area contributed by atoms with Crippen molar-refractivity contribution >= 4 is 11.9 Å². The van der Waals surface area contributed by atoms with Gasteiger partial charge in [-0.1, -0.05) is 37.8 Å². The van der Waals surface area contributed by atoms with E-state index < -0.39 is 30.6 Å². The van der Waals surface area contributed by atoms with Crippen LogP contribution in [0.4, 0.5) is 0 Å². The van der Waals surface area contributed by atoms with Crippen LogP contribution in [0.3, 0.4) is 0 Å². The van der Waals surface area contributed by atoms with Gasteiger partial charge in [0.25, 0.3) is 0 Å². The monoisotopic (exact) mass is 342 g/mol. The van der Waals surface area contributed by atoms with Crippen LogP contribution in [-0.4, -0.2) is 45.1 Å². The minimum Gasteiger partial charge on any atom is -0.481 e. The number of hydrogen-bond acceptors (Lipinski definition) is 4. The standard InChI is InChI=1S/C18H30O6/c1-12(8-13(2)9-14(3)10-17(21)22)6-4-5-7-16(20)15(11-19)18(23)24/h9-10,12,15-16,19-20H,4-8,11H2,1-3H3,(H,21,22)(H,23,24). The molecule has 6 heteroatoms. The Morgan fingerprint density at radius 2 is 1.62 bits per heavy atom. The summed E-state index contributed by atoms with van der Waals surface area (Å²) < 4.78 is 0. The second-order valence-corrected chi connectivity index (χ2v) is 6.51. The van der Waals surface area contributed by atoms with Crippen LogP contribution in [0.2, 0.25) is 0 Å². The maximum atomic E-state index is 10.8. The van der Waals surface area contributed by atoms with Crippen molar-refractivity contribution in [2.24, 2.45) is 11.8 Å². The molecule has 0 aromatic rings. The molecule has 0 saturated carbocycles. The molecule has 0 aliphatic heterocycles. The van der Waals surface area contributed by atoms with Gasteiger partial charge in [0.2, 0.25) is 0 Å². The number of carboxylic acids is 2. The van der Waals surface area contributed by atoms with Crippen molar-refractivity contribution in [1.82, 2.24) is 0 Å². The highest BCUT2D eigenvalue weighted by Gasteiger charge is 2.25. The van der Waals surface area contributed by atoms with Gasteiger partial charge in [0.15, 0.2) is 0 Å². The molecule has 0 aromatic heterocycles. The summed E-state index contributed by atoms with van der Waals surface area (Å²) in [5.74, 6) is -2.82. The molecule has 0 aliphatic carbocycles. The van der Waals surface area contributed by atoms with E-state index in [0.717, 1.165) is 24.8 Å². The molecule has 24 heavy (non-hydrogen) atoms. The van der Waals surface area contributed by atoms with E-state index in [1.54, 1.807) is 6.92 Å². The lowest BCUT2D eigenvalue weighted by Gasteiger charge is -2.17. The van der Waals surface area contributed by atoms with E-state index in [0.29, 0.717) is 24.3 Å². The van der Waals surface area contributed by atoms with Gasteiger partial charge in [-0.3, -0.25) is 4.79 Å². The summed E-state index contributed by atoms with van der Waals surface area (Å²) >= 11 is 0. The normalized spacial score (nSPS) is 16.5. The SMILES string of the molecule is CC(=CC(=O)O)C=C(C)CC(C)CCCCC(O)C(CO)C(=O)O. The maximum absolute atomic E-state index is 10.8. The summed E-state index contributed by atoms with van der Waals surface area (Å²) in [7, 11) is 0. The number of aliphatic hydroxyl groups is 2. The fourth-order valence-corrected chi connectivity index (χ4v) is 2.75.